The first kappa shape index (κ1) is 18.4. The molecule has 3 N–H and O–H groups in total. The van der Waals surface area contributed by atoms with Gasteiger partial charge in [-0.05, 0) is 12.1 Å². The number of para-hydroxylation sites is 1. The fraction of sp³-hybridized carbons (Fsp3) is 0.353. The fourth-order valence-corrected chi connectivity index (χ4v) is 2.69. The number of urea groups is 1. The van der Waals surface area contributed by atoms with Crippen LogP contribution in [0.15, 0.2) is 40.4 Å². The van der Waals surface area contributed by atoms with E-state index in [1.165, 1.54) is 7.11 Å². The van der Waals surface area contributed by atoms with Crippen molar-refractivity contribution < 1.29 is 19.1 Å². The summed E-state index contributed by atoms with van der Waals surface area (Å²) in [5, 5.41) is 13.8. The molecular weight excluding hydrogens is 352 g/mol. The summed E-state index contributed by atoms with van der Waals surface area (Å²) in [7, 11) is 1.28. The third kappa shape index (κ3) is 4.40. The van der Waals surface area contributed by atoms with Gasteiger partial charge in [0.05, 0.1) is 25.8 Å². The van der Waals surface area contributed by atoms with Gasteiger partial charge >= 0.3 is 12.0 Å². The molecule has 10 heteroatoms. The van der Waals surface area contributed by atoms with Crippen LogP contribution in [-0.2, 0) is 14.3 Å². The topological polar surface area (TPSA) is 124 Å². The molecule has 0 aromatic heterocycles. The number of carbonyl (C=O) groups is 3. The van der Waals surface area contributed by atoms with Gasteiger partial charge in [-0.25, -0.2) is 14.8 Å². The summed E-state index contributed by atoms with van der Waals surface area (Å²) in [5.41, 5.74) is 0.826. The Morgan fingerprint density at radius 1 is 1.26 bits per heavy atom. The van der Waals surface area contributed by atoms with Gasteiger partial charge in [-0.15, -0.1) is 0 Å². The molecule has 2 aliphatic heterocycles. The normalized spacial score (nSPS) is 20.4. The van der Waals surface area contributed by atoms with Crippen molar-refractivity contribution in [1.82, 2.24) is 16.0 Å². The number of methoxy groups -OCH3 is 1. The van der Waals surface area contributed by atoms with Crippen molar-refractivity contribution in [3.63, 3.8) is 0 Å². The molecule has 0 unspecified atom stereocenters. The van der Waals surface area contributed by atoms with Crippen LogP contribution in [0.2, 0.25) is 0 Å². The van der Waals surface area contributed by atoms with Crippen LogP contribution in [0.3, 0.4) is 0 Å². The first-order chi connectivity index (χ1) is 13.1. The predicted molar refractivity (Wildman–Crippen MR) is 98.3 cm³/mol. The van der Waals surface area contributed by atoms with Crippen LogP contribution < -0.4 is 21.0 Å². The van der Waals surface area contributed by atoms with Crippen LogP contribution in [0.25, 0.3) is 0 Å². The standard InChI is InChI=1S/C17H20N6O4/c1-27-14(24)7-8-18-17(26)19-10-13-21-15-12(16(25)22-13)9-20-23(15)11-5-3-2-4-6-11/h2-6,9,12,15H,7-8,10H2,1H3,(H2,18,19,26)(H,21,22,25)/t12-,15+/m0/s1. The summed E-state index contributed by atoms with van der Waals surface area (Å²) in [6.45, 7) is 0.194. The summed E-state index contributed by atoms with van der Waals surface area (Å²) in [6, 6.07) is 8.95. The van der Waals surface area contributed by atoms with Crippen molar-refractivity contribution in [2.45, 2.75) is 12.6 Å². The highest BCUT2D eigenvalue weighted by atomic mass is 16.5. The number of benzene rings is 1. The number of nitrogens with one attached hydrogen (secondary N) is 3. The highest BCUT2D eigenvalue weighted by Gasteiger charge is 2.40. The lowest BCUT2D eigenvalue weighted by atomic mass is 10.1. The Morgan fingerprint density at radius 2 is 2.04 bits per heavy atom. The zero-order chi connectivity index (χ0) is 19.2. The maximum atomic E-state index is 12.3. The fourth-order valence-electron chi connectivity index (χ4n) is 2.69. The monoisotopic (exact) mass is 372 g/mol. The number of ether oxygens (including phenoxy) is 1. The smallest absolute Gasteiger partial charge is 0.315 e. The molecule has 0 saturated carbocycles. The number of carbonyl (C=O) groups excluding carboxylic acids is 3. The van der Waals surface area contributed by atoms with E-state index < -0.39 is 24.1 Å². The van der Waals surface area contributed by atoms with Crippen molar-refractivity contribution in [3.05, 3.63) is 30.3 Å². The van der Waals surface area contributed by atoms with Gasteiger partial charge in [-0.3, -0.25) is 9.59 Å². The highest BCUT2D eigenvalue weighted by molar-refractivity contribution is 6.09. The number of hydrogen-bond acceptors (Lipinski definition) is 7. The summed E-state index contributed by atoms with van der Waals surface area (Å²) in [4.78, 5) is 39.6. The number of nitrogens with zero attached hydrogens (tertiary/aromatic N) is 3. The van der Waals surface area contributed by atoms with E-state index in [2.05, 4.69) is 30.8 Å². The number of fused-ring (bicyclic) bond motifs is 1. The van der Waals surface area contributed by atoms with E-state index in [4.69, 9.17) is 0 Å². The Morgan fingerprint density at radius 3 is 2.78 bits per heavy atom. The minimum Gasteiger partial charge on any atom is -0.469 e. The van der Waals surface area contributed by atoms with E-state index in [1.807, 2.05) is 30.3 Å². The first-order valence-corrected chi connectivity index (χ1v) is 8.43. The Hall–Kier alpha value is -3.43. The number of anilines is 1. The molecule has 2 atom stereocenters. The van der Waals surface area contributed by atoms with Gasteiger partial charge in [0.25, 0.3) is 0 Å². The average molecular weight is 372 g/mol. The molecule has 0 radical (unpaired) electrons. The molecule has 0 saturated heterocycles. The van der Waals surface area contributed by atoms with E-state index in [1.54, 1.807) is 11.2 Å². The maximum absolute atomic E-state index is 12.3. The quantitative estimate of drug-likeness (QED) is 0.598. The molecule has 1 aromatic carbocycles. The molecule has 2 heterocycles. The summed E-state index contributed by atoms with van der Waals surface area (Å²) >= 11 is 0. The molecule has 0 spiro atoms. The molecule has 0 bridgehead atoms. The maximum Gasteiger partial charge on any atom is 0.315 e. The van der Waals surface area contributed by atoms with Gasteiger partial charge in [-0.2, -0.15) is 5.10 Å². The van der Waals surface area contributed by atoms with Crippen molar-refractivity contribution in [2.24, 2.45) is 16.0 Å². The van der Waals surface area contributed by atoms with Crippen molar-refractivity contribution in [1.29, 1.82) is 0 Å². The third-order valence-electron chi connectivity index (χ3n) is 4.06. The number of esters is 1. The van der Waals surface area contributed by atoms with Crippen LogP contribution in [0.4, 0.5) is 10.5 Å². The van der Waals surface area contributed by atoms with Gasteiger partial charge in [0.15, 0.2) is 6.17 Å². The van der Waals surface area contributed by atoms with Crippen LogP contribution in [-0.4, -0.2) is 56.3 Å². The average Bonchev–Trinajstić information content (AvgIpc) is 3.11. The van der Waals surface area contributed by atoms with E-state index in [0.29, 0.717) is 5.84 Å². The molecule has 10 nitrogen and oxygen atoms in total. The molecule has 0 fully saturated rings. The Kier molecular flexibility index (Phi) is 5.64. The van der Waals surface area contributed by atoms with Gasteiger partial charge in [0, 0.05) is 12.8 Å². The van der Waals surface area contributed by atoms with Crippen LogP contribution in [0.1, 0.15) is 6.42 Å². The molecule has 3 amide bonds. The zero-order valence-electron chi connectivity index (χ0n) is 14.7. The van der Waals surface area contributed by atoms with E-state index >= 15 is 0 Å². The van der Waals surface area contributed by atoms with Gasteiger partial charge in [0.2, 0.25) is 5.91 Å². The van der Waals surface area contributed by atoms with E-state index in [9.17, 15) is 14.4 Å². The number of hydrogen-bond donors (Lipinski definition) is 3. The SMILES string of the molecule is COC(=O)CCNC(=O)NCC1=N[C@H]2[C@H](C=NN2c2ccccc2)C(=O)N1. The number of aliphatic imine (C=N–C) groups is 1. The zero-order valence-corrected chi connectivity index (χ0v) is 14.7. The van der Waals surface area contributed by atoms with Crippen LogP contribution in [0, 0.1) is 5.92 Å². The minimum atomic E-state index is -0.486. The van der Waals surface area contributed by atoms with Crippen molar-refractivity contribution in [2.75, 3.05) is 25.2 Å². The molecular formula is C17H20N6O4. The summed E-state index contributed by atoms with van der Waals surface area (Å²) < 4.78 is 4.49. The number of rotatable bonds is 6. The van der Waals surface area contributed by atoms with E-state index in [0.717, 1.165) is 5.69 Å². The number of amidine groups is 1. The molecule has 2 aliphatic rings. The Labute approximate surface area is 155 Å². The molecule has 0 aliphatic carbocycles. The lowest BCUT2D eigenvalue weighted by Gasteiger charge is -2.28. The minimum absolute atomic E-state index is 0.0433. The second-order valence-electron chi connectivity index (χ2n) is 5.88. The van der Waals surface area contributed by atoms with Crippen molar-refractivity contribution in [3.8, 4) is 0 Å². The van der Waals surface area contributed by atoms with Crippen LogP contribution >= 0.6 is 0 Å². The lowest BCUT2D eigenvalue weighted by molar-refractivity contribution is -0.140. The highest BCUT2D eigenvalue weighted by Crippen LogP contribution is 2.27. The van der Waals surface area contributed by atoms with Crippen LogP contribution in [0.5, 0.6) is 0 Å². The lowest BCUT2D eigenvalue weighted by Crippen LogP contribution is -2.52. The van der Waals surface area contributed by atoms with Gasteiger partial charge in [-0.1, -0.05) is 18.2 Å². The predicted octanol–water partition coefficient (Wildman–Crippen LogP) is -0.175. The molecule has 1 aromatic rings. The Bertz CT molecular complexity index is 779. The number of hydrazone groups is 1. The van der Waals surface area contributed by atoms with Gasteiger partial charge in [0.1, 0.15) is 11.8 Å². The van der Waals surface area contributed by atoms with Gasteiger partial charge < -0.3 is 20.7 Å². The summed E-state index contributed by atoms with van der Waals surface area (Å²) in [5.74, 6) is -0.772. The summed E-state index contributed by atoms with van der Waals surface area (Å²) in [6.07, 6.45) is 1.16. The largest absolute Gasteiger partial charge is 0.469 e. The Balaban J connectivity index is 1.58. The van der Waals surface area contributed by atoms with E-state index in [-0.39, 0.29) is 25.4 Å². The second kappa shape index (κ2) is 8.30. The second-order valence-corrected chi connectivity index (χ2v) is 5.88. The molecule has 142 valence electrons. The number of amides is 3. The molecule has 27 heavy (non-hydrogen) atoms. The van der Waals surface area contributed by atoms with Crippen molar-refractivity contribution >= 4 is 35.6 Å². The first-order valence-electron chi connectivity index (χ1n) is 8.43. The third-order valence-corrected chi connectivity index (χ3v) is 4.06. The molecule has 3 rings (SSSR count).